The van der Waals surface area contributed by atoms with E-state index >= 15 is 0 Å². The number of halogens is 1. The molecule has 1 saturated carbocycles. The van der Waals surface area contributed by atoms with Crippen molar-refractivity contribution in [3.63, 3.8) is 0 Å². The Bertz CT molecular complexity index is 867. The summed E-state index contributed by atoms with van der Waals surface area (Å²) in [7, 11) is 0. The highest BCUT2D eigenvalue weighted by atomic mass is 19.1. The van der Waals surface area contributed by atoms with Crippen molar-refractivity contribution >= 4 is 17.7 Å². The second-order valence-corrected chi connectivity index (χ2v) is 7.46. The van der Waals surface area contributed by atoms with Crippen LogP contribution < -0.4 is 16.0 Å². The smallest absolute Gasteiger partial charge is 0.251 e. The lowest BCUT2D eigenvalue weighted by atomic mass is 10.0. The molecule has 1 aliphatic carbocycles. The molecule has 30 heavy (non-hydrogen) atoms. The Morgan fingerprint density at radius 1 is 1.00 bits per heavy atom. The molecule has 3 N–H and O–H groups in total. The fourth-order valence-electron chi connectivity index (χ4n) is 3.01. The first-order valence-electron chi connectivity index (χ1n) is 10.2. The van der Waals surface area contributed by atoms with Crippen LogP contribution in [0.15, 0.2) is 54.6 Å². The van der Waals surface area contributed by atoms with Crippen molar-refractivity contribution in [2.24, 2.45) is 0 Å². The van der Waals surface area contributed by atoms with Gasteiger partial charge in [0.05, 0.1) is 0 Å². The van der Waals surface area contributed by atoms with Gasteiger partial charge in [-0.3, -0.25) is 14.4 Å². The monoisotopic (exact) mass is 411 g/mol. The average Bonchev–Trinajstić information content (AvgIpc) is 3.56. The lowest BCUT2D eigenvalue weighted by Gasteiger charge is -2.18. The van der Waals surface area contributed by atoms with Gasteiger partial charge in [-0.05, 0) is 49.1 Å². The molecule has 0 radical (unpaired) electrons. The predicted octanol–water partition coefficient (Wildman–Crippen LogP) is 2.34. The number of amides is 3. The van der Waals surface area contributed by atoms with Crippen molar-refractivity contribution in [1.82, 2.24) is 16.0 Å². The third-order valence-corrected chi connectivity index (χ3v) is 4.83. The van der Waals surface area contributed by atoms with E-state index in [0.29, 0.717) is 24.9 Å². The van der Waals surface area contributed by atoms with Crippen molar-refractivity contribution in [2.75, 3.05) is 6.54 Å². The lowest BCUT2D eigenvalue weighted by molar-refractivity contribution is -0.129. The molecule has 0 aromatic heterocycles. The molecule has 7 heteroatoms. The summed E-state index contributed by atoms with van der Waals surface area (Å²) in [5.41, 5.74) is 1.33. The van der Waals surface area contributed by atoms with E-state index in [2.05, 4.69) is 16.0 Å². The van der Waals surface area contributed by atoms with Gasteiger partial charge in [0.25, 0.3) is 5.91 Å². The fourth-order valence-corrected chi connectivity index (χ4v) is 3.01. The maximum absolute atomic E-state index is 12.9. The molecule has 158 valence electrons. The van der Waals surface area contributed by atoms with Crippen molar-refractivity contribution in [3.8, 4) is 0 Å². The molecular formula is C23H26FN3O3. The number of carbonyl (C=O) groups is 3. The molecule has 2 aromatic rings. The number of benzene rings is 2. The van der Waals surface area contributed by atoms with Gasteiger partial charge in [-0.1, -0.05) is 30.3 Å². The van der Waals surface area contributed by atoms with E-state index < -0.39 is 11.9 Å². The summed E-state index contributed by atoms with van der Waals surface area (Å²) in [6.45, 7) is 0.307. The molecule has 0 aliphatic heterocycles. The summed E-state index contributed by atoms with van der Waals surface area (Å²) in [4.78, 5) is 36.9. The molecule has 1 atom stereocenters. The maximum Gasteiger partial charge on any atom is 0.251 e. The molecule has 1 unspecified atom stereocenters. The van der Waals surface area contributed by atoms with Crippen molar-refractivity contribution in [2.45, 2.75) is 44.2 Å². The van der Waals surface area contributed by atoms with Gasteiger partial charge in [-0.25, -0.2) is 4.39 Å². The summed E-state index contributed by atoms with van der Waals surface area (Å²) in [5.74, 6) is -1.13. The third kappa shape index (κ3) is 6.99. The van der Waals surface area contributed by atoms with Crippen LogP contribution >= 0.6 is 0 Å². The van der Waals surface area contributed by atoms with Crippen LogP contribution in [0, 0.1) is 5.82 Å². The lowest BCUT2D eigenvalue weighted by Crippen LogP contribution is -2.48. The zero-order valence-electron chi connectivity index (χ0n) is 16.7. The highest BCUT2D eigenvalue weighted by Gasteiger charge is 2.28. The topological polar surface area (TPSA) is 87.3 Å². The first kappa shape index (κ1) is 21.5. The Labute approximate surface area is 175 Å². The first-order valence-corrected chi connectivity index (χ1v) is 10.2. The van der Waals surface area contributed by atoms with Gasteiger partial charge < -0.3 is 16.0 Å². The SMILES string of the molecule is O=C(CCCNC(=O)c1ccc(F)cc1)NC(Cc1ccccc1)C(=O)NC1CC1. The van der Waals surface area contributed by atoms with Crippen LogP contribution in [-0.2, 0) is 16.0 Å². The molecule has 1 aliphatic rings. The number of hydrogen-bond acceptors (Lipinski definition) is 3. The average molecular weight is 411 g/mol. The number of carbonyl (C=O) groups excluding carboxylic acids is 3. The summed E-state index contributed by atoms with van der Waals surface area (Å²) in [5, 5.41) is 8.47. The van der Waals surface area contributed by atoms with Crippen LogP contribution in [0.5, 0.6) is 0 Å². The minimum absolute atomic E-state index is 0.167. The van der Waals surface area contributed by atoms with Gasteiger partial charge in [0.1, 0.15) is 11.9 Å². The molecule has 3 amide bonds. The molecule has 0 spiro atoms. The molecule has 2 aromatic carbocycles. The second kappa shape index (κ2) is 10.5. The summed E-state index contributed by atoms with van der Waals surface area (Å²) < 4.78 is 12.9. The van der Waals surface area contributed by atoms with Crippen LogP contribution in [0.25, 0.3) is 0 Å². The van der Waals surface area contributed by atoms with Gasteiger partial charge in [0.2, 0.25) is 11.8 Å². The standard InChI is InChI=1S/C23H26FN3O3/c24-18-10-8-17(9-11-18)22(29)25-14-4-7-21(28)27-20(23(30)26-19-12-13-19)15-16-5-2-1-3-6-16/h1-3,5-6,8-11,19-20H,4,7,12-15H2,(H,25,29)(H,26,30)(H,27,28). The van der Waals surface area contributed by atoms with E-state index in [0.717, 1.165) is 18.4 Å². The van der Waals surface area contributed by atoms with Gasteiger partial charge in [0.15, 0.2) is 0 Å². The van der Waals surface area contributed by atoms with E-state index in [1.54, 1.807) is 0 Å². The van der Waals surface area contributed by atoms with E-state index in [4.69, 9.17) is 0 Å². The Morgan fingerprint density at radius 3 is 2.37 bits per heavy atom. The van der Waals surface area contributed by atoms with Crippen LogP contribution in [0.4, 0.5) is 4.39 Å². The first-order chi connectivity index (χ1) is 14.5. The highest BCUT2D eigenvalue weighted by Crippen LogP contribution is 2.19. The zero-order valence-corrected chi connectivity index (χ0v) is 16.7. The van der Waals surface area contributed by atoms with Gasteiger partial charge in [0, 0.05) is 31.0 Å². The molecule has 6 nitrogen and oxygen atoms in total. The van der Waals surface area contributed by atoms with E-state index in [-0.39, 0.29) is 30.2 Å². The Hall–Kier alpha value is -3.22. The van der Waals surface area contributed by atoms with Crippen LogP contribution in [-0.4, -0.2) is 36.3 Å². The molecule has 0 bridgehead atoms. The Morgan fingerprint density at radius 2 is 1.70 bits per heavy atom. The maximum atomic E-state index is 12.9. The predicted molar refractivity (Wildman–Crippen MR) is 111 cm³/mol. The Kier molecular flexibility index (Phi) is 7.54. The largest absolute Gasteiger partial charge is 0.352 e. The van der Waals surface area contributed by atoms with E-state index in [9.17, 15) is 18.8 Å². The molecule has 0 saturated heterocycles. The number of hydrogen-bond donors (Lipinski definition) is 3. The van der Waals surface area contributed by atoms with Crippen molar-refractivity contribution in [3.05, 3.63) is 71.5 Å². The molecule has 3 rings (SSSR count). The quantitative estimate of drug-likeness (QED) is 0.525. The summed E-state index contributed by atoms with van der Waals surface area (Å²) in [6.07, 6.45) is 3.00. The summed E-state index contributed by atoms with van der Waals surface area (Å²) in [6, 6.07) is 14.4. The zero-order chi connectivity index (χ0) is 21.3. The highest BCUT2D eigenvalue weighted by molar-refractivity contribution is 5.94. The van der Waals surface area contributed by atoms with Crippen molar-refractivity contribution < 1.29 is 18.8 Å². The molecule has 1 fully saturated rings. The van der Waals surface area contributed by atoms with Gasteiger partial charge in [-0.15, -0.1) is 0 Å². The number of nitrogens with one attached hydrogen (secondary N) is 3. The summed E-state index contributed by atoms with van der Waals surface area (Å²) >= 11 is 0. The fraction of sp³-hybridized carbons (Fsp3) is 0.348. The minimum Gasteiger partial charge on any atom is -0.352 e. The third-order valence-electron chi connectivity index (χ3n) is 4.83. The van der Waals surface area contributed by atoms with Gasteiger partial charge in [-0.2, -0.15) is 0 Å². The normalized spacial score (nSPS) is 13.9. The molecule has 0 heterocycles. The van der Waals surface area contributed by atoms with E-state index in [1.807, 2.05) is 30.3 Å². The number of rotatable bonds is 10. The van der Waals surface area contributed by atoms with E-state index in [1.165, 1.54) is 24.3 Å². The van der Waals surface area contributed by atoms with Crippen LogP contribution in [0.2, 0.25) is 0 Å². The van der Waals surface area contributed by atoms with Crippen LogP contribution in [0.3, 0.4) is 0 Å². The molecular weight excluding hydrogens is 385 g/mol. The van der Waals surface area contributed by atoms with Gasteiger partial charge >= 0.3 is 0 Å². The Balaban J connectivity index is 1.44. The van der Waals surface area contributed by atoms with Crippen LogP contribution in [0.1, 0.15) is 41.6 Å². The second-order valence-electron chi connectivity index (χ2n) is 7.46. The van der Waals surface area contributed by atoms with Crippen molar-refractivity contribution in [1.29, 1.82) is 0 Å². The minimum atomic E-state index is -0.630.